The Bertz CT molecular complexity index is 1010. The van der Waals surface area contributed by atoms with Crippen LogP contribution >= 0.6 is 0 Å². The van der Waals surface area contributed by atoms with Crippen LogP contribution in [0.1, 0.15) is 46.4 Å². The fraction of sp³-hybridized carbons (Fsp3) is 0.579. The van der Waals surface area contributed by atoms with E-state index in [1.54, 1.807) is 48.6 Å². The van der Waals surface area contributed by atoms with Crippen molar-refractivity contribution in [3.8, 4) is 6.07 Å². The lowest BCUT2D eigenvalue weighted by Gasteiger charge is -2.47. The molecule has 0 atom stereocenters. The lowest BCUT2D eigenvalue weighted by atomic mass is 10.0. The van der Waals surface area contributed by atoms with Crippen molar-refractivity contribution >= 4 is 29.0 Å². The molecule has 0 aromatic carbocycles. The second-order valence-electron chi connectivity index (χ2n) is 8.36. The molecule has 2 aromatic heterocycles. The van der Waals surface area contributed by atoms with E-state index in [4.69, 9.17) is 0 Å². The maximum absolute atomic E-state index is 12.4. The number of hydrazine groups is 1. The van der Waals surface area contributed by atoms with Gasteiger partial charge in [0, 0.05) is 27.1 Å². The summed E-state index contributed by atoms with van der Waals surface area (Å²) in [6, 6.07) is 1.71. The van der Waals surface area contributed by atoms with Crippen LogP contribution in [0.4, 0.5) is 10.6 Å². The second kappa shape index (κ2) is 7.78. The van der Waals surface area contributed by atoms with Gasteiger partial charge < -0.3 is 14.6 Å². The van der Waals surface area contributed by atoms with E-state index in [0.29, 0.717) is 37.1 Å². The molecule has 0 bridgehead atoms. The SMILES string of the molecule is CC(=O)N1CCC(N(c2nc(C#N)nc3c2ncn3C)N(C(=O)O)C(C)(C)C)CC1. The Balaban J connectivity index is 2.18. The number of amides is 2. The fourth-order valence-corrected chi connectivity index (χ4v) is 3.76. The number of hydrogen-bond donors (Lipinski definition) is 1. The van der Waals surface area contributed by atoms with Gasteiger partial charge in [0.1, 0.15) is 6.07 Å². The van der Waals surface area contributed by atoms with Crippen LogP contribution in [0.15, 0.2) is 6.33 Å². The molecule has 0 saturated carbocycles. The van der Waals surface area contributed by atoms with E-state index in [2.05, 4.69) is 15.0 Å². The minimum atomic E-state index is -1.14. The Morgan fingerprint density at radius 3 is 2.40 bits per heavy atom. The van der Waals surface area contributed by atoms with E-state index in [-0.39, 0.29) is 23.6 Å². The standard InChI is InChI=1S/C19H26N8O3/c1-12(28)25-8-6-13(7-9-25)26(27(18(29)30)19(2,3)4)17-15-16(24(5)11-21-15)22-14(10-20)23-17/h11,13H,6-9H2,1-5H3,(H,29,30). The number of rotatable bonds is 3. The van der Waals surface area contributed by atoms with Gasteiger partial charge in [-0.2, -0.15) is 15.2 Å². The Morgan fingerprint density at radius 1 is 1.27 bits per heavy atom. The van der Waals surface area contributed by atoms with Gasteiger partial charge in [0.25, 0.3) is 0 Å². The molecule has 0 radical (unpaired) electrons. The lowest BCUT2D eigenvalue weighted by molar-refractivity contribution is -0.130. The minimum Gasteiger partial charge on any atom is -0.464 e. The molecular weight excluding hydrogens is 388 g/mol. The van der Waals surface area contributed by atoms with Crippen molar-refractivity contribution in [2.24, 2.45) is 7.05 Å². The number of fused-ring (bicyclic) bond motifs is 1. The molecule has 160 valence electrons. The number of piperidine rings is 1. The van der Waals surface area contributed by atoms with Gasteiger partial charge in [-0.15, -0.1) is 0 Å². The van der Waals surface area contributed by atoms with E-state index >= 15 is 0 Å². The van der Waals surface area contributed by atoms with E-state index < -0.39 is 11.6 Å². The molecule has 0 spiro atoms. The van der Waals surface area contributed by atoms with Crippen molar-refractivity contribution in [1.29, 1.82) is 5.26 Å². The summed E-state index contributed by atoms with van der Waals surface area (Å²) in [6.07, 6.45) is 1.53. The van der Waals surface area contributed by atoms with Gasteiger partial charge in [-0.1, -0.05) is 0 Å². The van der Waals surface area contributed by atoms with Gasteiger partial charge in [0.05, 0.1) is 17.9 Å². The number of likely N-dealkylation sites (tertiary alicyclic amines) is 1. The zero-order valence-electron chi connectivity index (χ0n) is 17.8. The monoisotopic (exact) mass is 414 g/mol. The summed E-state index contributed by atoms with van der Waals surface area (Å²) in [5, 5.41) is 22.4. The van der Waals surface area contributed by atoms with E-state index in [9.17, 15) is 20.0 Å². The predicted octanol–water partition coefficient (Wildman–Crippen LogP) is 1.75. The summed E-state index contributed by atoms with van der Waals surface area (Å²) in [5.41, 5.74) is 0.0746. The lowest BCUT2D eigenvalue weighted by Crippen LogP contribution is -2.61. The number of hydrogen-bond acceptors (Lipinski definition) is 7. The highest BCUT2D eigenvalue weighted by Gasteiger charge is 2.40. The van der Waals surface area contributed by atoms with Gasteiger partial charge in [0.15, 0.2) is 17.0 Å². The number of nitriles is 1. The van der Waals surface area contributed by atoms with E-state index in [1.165, 1.54) is 11.9 Å². The average molecular weight is 414 g/mol. The van der Waals surface area contributed by atoms with E-state index in [1.807, 2.05) is 6.07 Å². The van der Waals surface area contributed by atoms with Crippen molar-refractivity contribution in [3.63, 3.8) is 0 Å². The average Bonchev–Trinajstić information content (AvgIpc) is 3.05. The molecule has 0 aliphatic carbocycles. The van der Waals surface area contributed by atoms with Gasteiger partial charge in [0.2, 0.25) is 11.7 Å². The summed E-state index contributed by atoms with van der Waals surface area (Å²) in [6.45, 7) is 7.92. The van der Waals surface area contributed by atoms with Crippen LogP contribution in [0, 0.1) is 11.3 Å². The molecule has 3 heterocycles. The van der Waals surface area contributed by atoms with Crippen molar-refractivity contribution in [2.75, 3.05) is 18.1 Å². The highest BCUT2D eigenvalue weighted by atomic mass is 16.4. The van der Waals surface area contributed by atoms with Gasteiger partial charge in [-0.3, -0.25) is 9.80 Å². The summed E-state index contributed by atoms with van der Waals surface area (Å²) < 4.78 is 1.67. The molecular formula is C19H26N8O3. The number of imidazole rings is 1. The van der Waals surface area contributed by atoms with Crippen LogP contribution in [0.25, 0.3) is 11.2 Å². The molecule has 1 saturated heterocycles. The molecule has 11 heteroatoms. The molecule has 1 N–H and O–H groups in total. The highest BCUT2D eigenvalue weighted by molar-refractivity contribution is 5.85. The smallest absolute Gasteiger partial charge is 0.426 e. The first kappa shape index (κ1) is 21.3. The Morgan fingerprint density at radius 2 is 1.90 bits per heavy atom. The Kier molecular flexibility index (Phi) is 5.52. The van der Waals surface area contributed by atoms with Gasteiger partial charge >= 0.3 is 6.09 Å². The molecule has 2 amide bonds. The van der Waals surface area contributed by atoms with Crippen LogP contribution in [-0.2, 0) is 11.8 Å². The maximum Gasteiger partial charge on any atom is 0.426 e. The topological polar surface area (TPSA) is 131 Å². The minimum absolute atomic E-state index is 0.00756. The molecule has 2 aromatic rings. The first-order valence-electron chi connectivity index (χ1n) is 9.71. The summed E-state index contributed by atoms with van der Waals surface area (Å²) in [5.74, 6) is 0.203. The van der Waals surface area contributed by atoms with Crippen LogP contribution in [-0.4, -0.2) is 71.2 Å². The third-order valence-corrected chi connectivity index (χ3v) is 5.15. The summed E-state index contributed by atoms with van der Waals surface area (Å²) in [7, 11) is 1.75. The zero-order valence-corrected chi connectivity index (χ0v) is 17.8. The predicted molar refractivity (Wildman–Crippen MR) is 108 cm³/mol. The number of carbonyl (C=O) groups is 2. The molecule has 1 fully saturated rings. The van der Waals surface area contributed by atoms with Crippen LogP contribution in [0.2, 0.25) is 0 Å². The van der Waals surface area contributed by atoms with Gasteiger partial charge in [-0.25, -0.2) is 14.8 Å². The van der Waals surface area contributed by atoms with E-state index in [0.717, 1.165) is 0 Å². The van der Waals surface area contributed by atoms with Crippen LogP contribution in [0.3, 0.4) is 0 Å². The normalized spacial score (nSPS) is 15.1. The second-order valence-corrected chi connectivity index (χ2v) is 8.36. The molecule has 3 rings (SSSR count). The Hall–Kier alpha value is -3.42. The number of carbonyl (C=O) groups excluding carboxylic acids is 1. The molecule has 11 nitrogen and oxygen atoms in total. The fourth-order valence-electron chi connectivity index (χ4n) is 3.76. The van der Waals surface area contributed by atoms with Crippen molar-refractivity contribution in [3.05, 3.63) is 12.2 Å². The van der Waals surface area contributed by atoms with Gasteiger partial charge in [-0.05, 0) is 33.6 Å². The van der Waals surface area contributed by atoms with Crippen LogP contribution in [0.5, 0.6) is 0 Å². The van der Waals surface area contributed by atoms with Crippen molar-refractivity contribution in [2.45, 2.75) is 52.1 Å². The first-order valence-corrected chi connectivity index (χ1v) is 9.71. The van der Waals surface area contributed by atoms with Crippen molar-refractivity contribution in [1.82, 2.24) is 29.4 Å². The summed E-state index contributed by atoms with van der Waals surface area (Å²) in [4.78, 5) is 38.8. The van der Waals surface area contributed by atoms with Crippen LogP contribution < -0.4 is 5.01 Å². The molecule has 30 heavy (non-hydrogen) atoms. The number of carboxylic acid groups (broad SMARTS) is 1. The first-order chi connectivity index (χ1) is 14.0. The molecule has 1 aliphatic rings. The third-order valence-electron chi connectivity index (χ3n) is 5.15. The quantitative estimate of drug-likeness (QED) is 0.751. The third kappa shape index (κ3) is 3.85. The summed E-state index contributed by atoms with van der Waals surface area (Å²) >= 11 is 0. The number of aromatic nitrogens is 4. The van der Waals surface area contributed by atoms with Crippen molar-refractivity contribution < 1.29 is 14.7 Å². The zero-order chi connectivity index (χ0) is 22.2. The molecule has 1 aliphatic heterocycles. The molecule has 0 unspecified atom stereocenters. The highest BCUT2D eigenvalue weighted by Crippen LogP contribution is 2.32. The number of nitrogens with zero attached hydrogens (tertiary/aromatic N) is 8. The number of aryl methyl sites for hydroxylation is 1. The number of anilines is 1. The Labute approximate surface area is 174 Å². The largest absolute Gasteiger partial charge is 0.464 e. The maximum atomic E-state index is 12.4.